The summed E-state index contributed by atoms with van der Waals surface area (Å²) >= 11 is 0. The zero-order chi connectivity index (χ0) is 17.5. The van der Waals surface area contributed by atoms with E-state index in [-0.39, 0.29) is 5.97 Å². The summed E-state index contributed by atoms with van der Waals surface area (Å²) in [7, 11) is 0. The van der Waals surface area contributed by atoms with E-state index in [0.29, 0.717) is 25.9 Å². The number of aliphatic hydroxyl groups excluding tert-OH is 3. The summed E-state index contributed by atoms with van der Waals surface area (Å²) in [6, 6.07) is -0.446. The molecule has 24 heavy (non-hydrogen) atoms. The number of carbonyl (C=O) groups is 1. The smallest absolute Gasteiger partial charge is 0.306 e. The lowest BCUT2D eigenvalue weighted by Gasteiger charge is -2.42. The molecule has 2 aliphatic rings. The van der Waals surface area contributed by atoms with Crippen LogP contribution in [0.25, 0.3) is 0 Å². The first kappa shape index (κ1) is 19.6. The van der Waals surface area contributed by atoms with Crippen LogP contribution >= 0.6 is 0 Å². The van der Waals surface area contributed by atoms with Crippen LogP contribution in [0.2, 0.25) is 0 Å². The van der Waals surface area contributed by atoms with Gasteiger partial charge in [-0.3, -0.25) is 9.69 Å². The van der Waals surface area contributed by atoms with Crippen LogP contribution in [0.5, 0.6) is 0 Å². The molecule has 2 saturated heterocycles. The third-order valence-corrected chi connectivity index (χ3v) is 5.29. The number of nitrogens with zero attached hydrogens (tertiary/aromatic N) is 1. The minimum Gasteiger partial charge on any atom is -0.458 e. The monoisotopic (exact) mass is 343 g/mol. The molecule has 0 radical (unpaired) electrons. The molecule has 0 spiro atoms. The first-order valence-electron chi connectivity index (χ1n) is 9.52. The van der Waals surface area contributed by atoms with Crippen molar-refractivity contribution in [2.45, 2.75) is 95.2 Å². The van der Waals surface area contributed by atoms with Crippen molar-refractivity contribution in [2.75, 3.05) is 13.1 Å². The van der Waals surface area contributed by atoms with Crippen molar-refractivity contribution in [1.29, 1.82) is 0 Å². The third-order valence-electron chi connectivity index (χ3n) is 5.29. The van der Waals surface area contributed by atoms with Gasteiger partial charge >= 0.3 is 5.97 Å². The largest absolute Gasteiger partial charge is 0.458 e. The molecule has 2 aliphatic heterocycles. The van der Waals surface area contributed by atoms with Crippen molar-refractivity contribution in [2.24, 2.45) is 0 Å². The summed E-state index contributed by atoms with van der Waals surface area (Å²) in [6.45, 7) is 3.22. The Morgan fingerprint density at radius 3 is 2.42 bits per heavy atom. The van der Waals surface area contributed by atoms with Crippen LogP contribution in [0, 0.1) is 0 Å². The summed E-state index contributed by atoms with van der Waals surface area (Å²) in [5.74, 6) is -0.307. The highest BCUT2D eigenvalue weighted by molar-refractivity contribution is 5.69. The molecule has 2 fully saturated rings. The van der Waals surface area contributed by atoms with Crippen LogP contribution < -0.4 is 0 Å². The van der Waals surface area contributed by atoms with E-state index >= 15 is 0 Å². The highest BCUT2D eigenvalue weighted by Gasteiger charge is 2.49. The van der Waals surface area contributed by atoms with Gasteiger partial charge in [-0.2, -0.15) is 0 Å². The second kappa shape index (κ2) is 9.70. The third kappa shape index (κ3) is 5.15. The molecule has 140 valence electrons. The highest BCUT2D eigenvalue weighted by atomic mass is 16.6. The zero-order valence-corrected chi connectivity index (χ0v) is 14.8. The Bertz CT molecular complexity index is 392. The van der Waals surface area contributed by atoms with Crippen LogP contribution in [0.15, 0.2) is 0 Å². The van der Waals surface area contributed by atoms with Crippen LogP contribution in [0.1, 0.15) is 64.7 Å². The van der Waals surface area contributed by atoms with E-state index in [1.807, 2.05) is 4.90 Å². The average molecular weight is 343 g/mol. The van der Waals surface area contributed by atoms with Crippen molar-refractivity contribution in [1.82, 2.24) is 4.90 Å². The lowest BCUT2D eigenvalue weighted by molar-refractivity contribution is -0.179. The number of hydrogen-bond donors (Lipinski definition) is 3. The number of rotatable bonds is 9. The van der Waals surface area contributed by atoms with Gasteiger partial charge in [0.1, 0.15) is 18.3 Å². The zero-order valence-electron chi connectivity index (χ0n) is 14.8. The summed E-state index contributed by atoms with van der Waals surface area (Å²) in [5.41, 5.74) is 0. The fourth-order valence-corrected chi connectivity index (χ4v) is 3.84. The highest BCUT2D eigenvalue weighted by Crippen LogP contribution is 2.29. The summed E-state index contributed by atoms with van der Waals surface area (Å²) in [4.78, 5) is 13.9. The predicted molar refractivity (Wildman–Crippen MR) is 90.5 cm³/mol. The number of hydrogen-bond acceptors (Lipinski definition) is 6. The maximum atomic E-state index is 12.0. The molecule has 0 aliphatic carbocycles. The van der Waals surface area contributed by atoms with Gasteiger partial charge in [-0.25, -0.2) is 0 Å². The molecule has 6 nitrogen and oxygen atoms in total. The number of carbonyl (C=O) groups excluding carboxylic acids is 1. The first-order chi connectivity index (χ1) is 11.5. The fourth-order valence-electron chi connectivity index (χ4n) is 3.84. The average Bonchev–Trinajstić information content (AvgIpc) is 2.92. The topological polar surface area (TPSA) is 90.2 Å². The number of esters is 1. The van der Waals surface area contributed by atoms with Gasteiger partial charge in [0.25, 0.3) is 0 Å². The number of unbranched alkanes of at least 4 members (excludes halogenated alkanes) is 6. The van der Waals surface area contributed by atoms with Gasteiger partial charge < -0.3 is 20.1 Å². The maximum Gasteiger partial charge on any atom is 0.306 e. The second-order valence-corrected chi connectivity index (χ2v) is 7.22. The lowest BCUT2D eigenvalue weighted by atomic mass is 9.93. The van der Waals surface area contributed by atoms with Crippen LogP contribution in [0.4, 0.5) is 0 Å². The molecule has 0 amide bonds. The Balaban J connectivity index is 1.66. The van der Waals surface area contributed by atoms with Crippen molar-refractivity contribution in [3.8, 4) is 0 Å². The number of aliphatic hydroxyl groups is 3. The first-order valence-corrected chi connectivity index (χ1v) is 9.52. The van der Waals surface area contributed by atoms with Gasteiger partial charge in [0.15, 0.2) is 0 Å². The fraction of sp³-hybridized carbons (Fsp3) is 0.944. The van der Waals surface area contributed by atoms with Gasteiger partial charge in [0, 0.05) is 19.5 Å². The van der Waals surface area contributed by atoms with Crippen molar-refractivity contribution < 1.29 is 24.9 Å². The molecule has 5 atom stereocenters. The number of ether oxygens (including phenoxy) is 1. The Hall–Kier alpha value is -0.690. The summed E-state index contributed by atoms with van der Waals surface area (Å²) < 4.78 is 5.39. The maximum absolute atomic E-state index is 12.0. The molecule has 0 aromatic carbocycles. The van der Waals surface area contributed by atoms with Gasteiger partial charge in [-0.1, -0.05) is 45.4 Å². The molecule has 3 unspecified atom stereocenters. The number of fused-ring (bicyclic) bond motifs is 1. The normalized spacial score (nSPS) is 33.4. The quantitative estimate of drug-likeness (QED) is 0.431. The van der Waals surface area contributed by atoms with Crippen LogP contribution in [-0.4, -0.2) is 69.7 Å². The molecular formula is C18H33NO5. The van der Waals surface area contributed by atoms with Crippen molar-refractivity contribution in [3.63, 3.8) is 0 Å². The van der Waals surface area contributed by atoms with E-state index in [9.17, 15) is 20.1 Å². The molecule has 0 aromatic rings. The molecule has 3 N–H and O–H groups in total. The van der Waals surface area contributed by atoms with Gasteiger partial charge in [-0.15, -0.1) is 0 Å². The Morgan fingerprint density at radius 2 is 1.71 bits per heavy atom. The Kier molecular flexibility index (Phi) is 7.94. The molecule has 0 aromatic heterocycles. The molecular weight excluding hydrogens is 310 g/mol. The van der Waals surface area contributed by atoms with E-state index in [2.05, 4.69) is 6.92 Å². The molecule has 2 heterocycles. The number of piperidine rings is 1. The SMILES string of the molecule is CCCCCCCCCC(=O)OC1CN2CC[C@H](O)C2C(O)[C@@H]1O. The molecule has 0 bridgehead atoms. The Labute approximate surface area is 144 Å². The second-order valence-electron chi connectivity index (χ2n) is 7.22. The summed E-state index contributed by atoms with van der Waals surface area (Å²) in [5, 5.41) is 30.2. The minimum atomic E-state index is -1.13. The lowest BCUT2D eigenvalue weighted by Crippen LogP contribution is -2.62. The van der Waals surface area contributed by atoms with E-state index < -0.39 is 30.5 Å². The van der Waals surface area contributed by atoms with Crippen molar-refractivity contribution in [3.05, 3.63) is 0 Å². The van der Waals surface area contributed by atoms with Gasteiger partial charge in [0.05, 0.1) is 12.1 Å². The predicted octanol–water partition coefficient (Wildman–Crippen LogP) is 1.21. The minimum absolute atomic E-state index is 0.307. The van der Waals surface area contributed by atoms with E-state index in [1.165, 1.54) is 25.7 Å². The van der Waals surface area contributed by atoms with Gasteiger partial charge in [0.2, 0.25) is 0 Å². The van der Waals surface area contributed by atoms with Crippen molar-refractivity contribution >= 4 is 5.97 Å². The summed E-state index contributed by atoms with van der Waals surface area (Å²) in [6.07, 6.45) is 5.36. The standard InChI is InChI=1S/C18H33NO5/c1-2-3-4-5-6-7-8-9-15(21)24-14-12-19-11-10-13(20)16(19)18(23)17(14)22/h13-14,16-18,20,22-23H,2-12H2,1H3/t13-,14?,16?,17+,18?/m0/s1. The van der Waals surface area contributed by atoms with Crippen LogP contribution in [0.3, 0.4) is 0 Å². The van der Waals surface area contributed by atoms with Crippen LogP contribution in [-0.2, 0) is 9.53 Å². The molecule has 2 rings (SSSR count). The van der Waals surface area contributed by atoms with E-state index in [0.717, 1.165) is 19.3 Å². The Morgan fingerprint density at radius 1 is 1.04 bits per heavy atom. The molecule has 6 heteroatoms. The van der Waals surface area contributed by atoms with Gasteiger partial charge in [-0.05, 0) is 12.8 Å². The van der Waals surface area contributed by atoms with E-state index in [4.69, 9.17) is 4.74 Å². The molecule has 0 saturated carbocycles. The van der Waals surface area contributed by atoms with E-state index in [1.54, 1.807) is 0 Å².